The maximum Gasteiger partial charge on any atom is 0.325 e. The Morgan fingerprint density at radius 3 is 2.67 bits per heavy atom. The summed E-state index contributed by atoms with van der Waals surface area (Å²) in [6.07, 6.45) is 1.73. The van der Waals surface area contributed by atoms with Crippen molar-refractivity contribution in [2.45, 2.75) is 19.7 Å². The van der Waals surface area contributed by atoms with E-state index in [2.05, 4.69) is 0 Å². The molecule has 0 unspecified atom stereocenters. The van der Waals surface area contributed by atoms with Gasteiger partial charge in [0.2, 0.25) is 0 Å². The van der Waals surface area contributed by atoms with Gasteiger partial charge in [-0.2, -0.15) is 0 Å². The summed E-state index contributed by atoms with van der Waals surface area (Å²) in [5.74, 6) is 0. The fourth-order valence-electron chi connectivity index (χ4n) is 1.17. The van der Waals surface area contributed by atoms with E-state index in [0.717, 1.165) is 18.2 Å². The van der Waals surface area contributed by atoms with E-state index in [0.29, 0.717) is 5.02 Å². The summed E-state index contributed by atoms with van der Waals surface area (Å²) in [6.45, 7) is 1.63. The third-order valence-corrected chi connectivity index (χ3v) is 2.17. The molecule has 12 heavy (non-hydrogen) atoms. The summed E-state index contributed by atoms with van der Waals surface area (Å²) in [5, 5.41) is 10.3. The Labute approximate surface area is 78.5 Å². The van der Waals surface area contributed by atoms with E-state index in [1.807, 2.05) is 25.1 Å². The van der Waals surface area contributed by atoms with Crippen LogP contribution >= 0.6 is 11.6 Å². The summed E-state index contributed by atoms with van der Waals surface area (Å²) in [7, 11) is 0. The highest BCUT2D eigenvalue weighted by molar-refractivity contribution is 6.69. The molecule has 64 valence electrons. The molecule has 0 atom stereocenters. The lowest BCUT2D eigenvalue weighted by Gasteiger charge is -2.06. The minimum atomic E-state index is -0.413. The van der Waals surface area contributed by atoms with Gasteiger partial charge in [0.15, 0.2) is 0 Å². The third-order valence-electron chi connectivity index (χ3n) is 1.83. The van der Waals surface area contributed by atoms with Gasteiger partial charge in [-0.3, -0.25) is 0 Å². The van der Waals surface area contributed by atoms with Crippen LogP contribution in [-0.2, 0) is 0 Å². The van der Waals surface area contributed by atoms with Gasteiger partial charge in [-0.05, 0) is 17.8 Å². The summed E-state index contributed by atoms with van der Waals surface area (Å²) in [6, 6.07) is 7.42. The molecule has 0 fully saturated rings. The number of benzene rings is 1. The van der Waals surface area contributed by atoms with E-state index in [9.17, 15) is 5.02 Å². The van der Waals surface area contributed by atoms with Crippen molar-refractivity contribution < 1.29 is 5.02 Å². The first-order chi connectivity index (χ1) is 5.75. The Balaban J connectivity index is 2.79. The van der Waals surface area contributed by atoms with Crippen LogP contribution in [0.1, 0.15) is 13.3 Å². The van der Waals surface area contributed by atoms with Crippen molar-refractivity contribution in [2.24, 2.45) is 0 Å². The molecule has 1 rings (SSSR count). The van der Waals surface area contributed by atoms with Crippen LogP contribution in [0.4, 0.5) is 0 Å². The quantitative estimate of drug-likeness (QED) is 0.709. The molecule has 0 bridgehead atoms. The Morgan fingerprint density at radius 1 is 1.42 bits per heavy atom. The van der Waals surface area contributed by atoms with Crippen molar-refractivity contribution in [1.82, 2.24) is 0 Å². The van der Waals surface area contributed by atoms with Gasteiger partial charge in [-0.25, -0.2) is 0 Å². The number of rotatable bonds is 3. The van der Waals surface area contributed by atoms with Crippen LogP contribution in [0.25, 0.3) is 0 Å². The molecular formula is C9H12BClO. The summed E-state index contributed by atoms with van der Waals surface area (Å²) >= 11 is 5.89. The molecule has 0 amide bonds. The highest BCUT2D eigenvalue weighted by Crippen LogP contribution is 2.06. The van der Waals surface area contributed by atoms with Crippen LogP contribution in [0.15, 0.2) is 24.3 Å². The number of hydrogen-bond acceptors (Lipinski definition) is 1. The normalized spacial score (nSPS) is 9.92. The molecule has 0 spiro atoms. The predicted molar refractivity (Wildman–Crippen MR) is 54.2 cm³/mol. The average Bonchev–Trinajstić information content (AvgIpc) is 2.05. The first kappa shape index (κ1) is 9.62. The molecule has 0 aliphatic carbocycles. The van der Waals surface area contributed by atoms with Crippen molar-refractivity contribution in [1.29, 1.82) is 0 Å². The molecular weight excluding hydrogens is 170 g/mol. The minimum Gasteiger partial charge on any atom is -0.446 e. The van der Waals surface area contributed by atoms with Crippen molar-refractivity contribution in [3.05, 3.63) is 29.3 Å². The maximum atomic E-state index is 9.62. The largest absolute Gasteiger partial charge is 0.446 e. The van der Waals surface area contributed by atoms with Crippen LogP contribution in [0.5, 0.6) is 0 Å². The molecule has 0 heterocycles. The highest BCUT2D eigenvalue weighted by atomic mass is 35.5. The molecule has 1 aromatic rings. The van der Waals surface area contributed by atoms with Gasteiger partial charge in [-0.15, -0.1) is 0 Å². The lowest BCUT2D eigenvalue weighted by atomic mass is 9.58. The second-order valence-electron chi connectivity index (χ2n) is 2.83. The molecule has 0 aliphatic rings. The molecule has 0 aliphatic heterocycles. The van der Waals surface area contributed by atoms with E-state index in [1.165, 1.54) is 0 Å². The predicted octanol–water partition coefficient (Wildman–Crippen LogP) is 1.94. The van der Waals surface area contributed by atoms with Gasteiger partial charge in [0.05, 0.1) is 0 Å². The Morgan fingerprint density at radius 2 is 2.08 bits per heavy atom. The fourth-order valence-corrected chi connectivity index (χ4v) is 1.44. The fraction of sp³-hybridized carbons (Fsp3) is 0.333. The molecule has 1 N–H and O–H groups in total. The van der Waals surface area contributed by atoms with E-state index >= 15 is 0 Å². The van der Waals surface area contributed by atoms with Gasteiger partial charge < -0.3 is 5.02 Å². The van der Waals surface area contributed by atoms with E-state index in [-0.39, 0.29) is 0 Å². The van der Waals surface area contributed by atoms with Crippen LogP contribution < -0.4 is 5.46 Å². The summed E-state index contributed by atoms with van der Waals surface area (Å²) in [5.41, 5.74) is 0.834. The zero-order chi connectivity index (χ0) is 8.97. The molecule has 0 saturated heterocycles. The Kier molecular flexibility index (Phi) is 3.64. The number of halogens is 1. The highest BCUT2D eigenvalue weighted by Gasteiger charge is 2.14. The molecule has 3 heteroatoms. The maximum absolute atomic E-state index is 9.62. The van der Waals surface area contributed by atoms with Crippen LogP contribution in [0, 0.1) is 0 Å². The van der Waals surface area contributed by atoms with Crippen molar-refractivity contribution in [3.8, 4) is 0 Å². The lowest BCUT2D eigenvalue weighted by molar-refractivity contribution is 0.581. The van der Waals surface area contributed by atoms with Gasteiger partial charge in [0, 0.05) is 5.02 Å². The monoisotopic (exact) mass is 182 g/mol. The molecule has 1 aromatic carbocycles. The minimum absolute atomic E-state index is 0.413. The van der Waals surface area contributed by atoms with Crippen molar-refractivity contribution >= 4 is 24.0 Å². The van der Waals surface area contributed by atoms with E-state index < -0.39 is 6.92 Å². The van der Waals surface area contributed by atoms with Crippen molar-refractivity contribution in [3.63, 3.8) is 0 Å². The zero-order valence-corrected chi connectivity index (χ0v) is 7.88. The summed E-state index contributed by atoms with van der Waals surface area (Å²) in [4.78, 5) is 0. The molecule has 0 radical (unpaired) electrons. The van der Waals surface area contributed by atoms with Crippen LogP contribution in [0.3, 0.4) is 0 Å². The Hall–Kier alpha value is -0.465. The van der Waals surface area contributed by atoms with E-state index in [1.54, 1.807) is 6.07 Å². The lowest BCUT2D eigenvalue weighted by Crippen LogP contribution is -2.30. The van der Waals surface area contributed by atoms with Gasteiger partial charge in [0.1, 0.15) is 0 Å². The SMILES string of the molecule is CCCB(O)c1ccccc1Cl. The summed E-state index contributed by atoms with van der Waals surface area (Å²) < 4.78 is 0. The molecule has 0 aromatic heterocycles. The second-order valence-corrected chi connectivity index (χ2v) is 3.23. The number of hydrogen-bond donors (Lipinski definition) is 1. The molecule has 1 nitrogen and oxygen atoms in total. The van der Waals surface area contributed by atoms with Crippen molar-refractivity contribution in [2.75, 3.05) is 0 Å². The van der Waals surface area contributed by atoms with Gasteiger partial charge >= 0.3 is 6.92 Å². The van der Waals surface area contributed by atoms with Gasteiger partial charge in [-0.1, -0.05) is 43.1 Å². The van der Waals surface area contributed by atoms with Crippen LogP contribution in [-0.4, -0.2) is 11.9 Å². The first-order valence-corrected chi connectivity index (χ1v) is 4.56. The van der Waals surface area contributed by atoms with Crippen LogP contribution in [0.2, 0.25) is 11.3 Å². The first-order valence-electron chi connectivity index (χ1n) is 4.18. The van der Waals surface area contributed by atoms with Gasteiger partial charge in [0.25, 0.3) is 0 Å². The van der Waals surface area contributed by atoms with E-state index in [4.69, 9.17) is 11.6 Å². The zero-order valence-electron chi connectivity index (χ0n) is 7.13. The average molecular weight is 182 g/mol. The third kappa shape index (κ3) is 2.26. The standard InChI is InChI=1S/C9H12BClO/c1-2-7-10(12)8-5-3-4-6-9(8)11/h3-6,12H,2,7H2,1H3. The topological polar surface area (TPSA) is 20.2 Å². The Bertz CT molecular complexity index is 252. The molecule has 0 saturated carbocycles. The second kappa shape index (κ2) is 4.53. The smallest absolute Gasteiger partial charge is 0.325 e.